The standard InChI is InChI=1S/C17H16ClN3/c1-11-2-3-12(14(18)8-11)9-15(19)13-4-5-16-17(10-13)21-7-6-20-16/h2-8,10,15H,9,19H2,1H3. The summed E-state index contributed by atoms with van der Waals surface area (Å²) in [7, 11) is 0. The molecule has 1 aromatic heterocycles. The molecule has 1 unspecified atom stereocenters. The molecule has 2 N–H and O–H groups in total. The molecule has 1 atom stereocenters. The topological polar surface area (TPSA) is 51.8 Å². The monoisotopic (exact) mass is 297 g/mol. The Bertz CT molecular complexity index is 786. The van der Waals surface area contributed by atoms with E-state index >= 15 is 0 Å². The minimum atomic E-state index is -0.114. The Morgan fingerprint density at radius 3 is 2.57 bits per heavy atom. The molecule has 3 rings (SSSR count). The summed E-state index contributed by atoms with van der Waals surface area (Å²) in [6, 6.07) is 11.9. The SMILES string of the molecule is Cc1ccc(CC(N)c2ccc3nccnc3c2)c(Cl)c1. The fourth-order valence-electron chi connectivity index (χ4n) is 2.38. The van der Waals surface area contributed by atoms with Crippen LogP contribution in [0.1, 0.15) is 22.7 Å². The summed E-state index contributed by atoms with van der Waals surface area (Å²) in [4.78, 5) is 8.58. The lowest BCUT2D eigenvalue weighted by atomic mass is 9.98. The zero-order valence-electron chi connectivity index (χ0n) is 11.8. The summed E-state index contributed by atoms with van der Waals surface area (Å²) in [5.41, 5.74) is 11.3. The number of hydrogen-bond acceptors (Lipinski definition) is 3. The lowest BCUT2D eigenvalue weighted by Crippen LogP contribution is -2.13. The van der Waals surface area contributed by atoms with E-state index < -0.39 is 0 Å². The van der Waals surface area contributed by atoms with Gasteiger partial charge in [0.2, 0.25) is 0 Å². The highest BCUT2D eigenvalue weighted by molar-refractivity contribution is 6.31. The van der Waals surface area contributed by atoms with E-state index in [1.165, 1.54) is 0 Å². The average Bonchev–Trinajstić information content (AvgIpc) is 2.49. The van der Waals surface area contributed by atoms with Gasteiger partial charge < -0.3 is 5.73 Å². The van der Waals surface area contributed by atoms with Crippen molar-refractivity contribution >= 4 is 22.6 Å². The Morgan fingerprint density at radius 1 is 1.05 bits per heavy atom. The Morgan fingerprint density at radius 2 is 1.81 bits per heavy atom. The van der Waals surface area contributed by atoms with Crippen LogP contribution in [0.5, 0.6) is 0 Å². The Labute approximate surface area is 128 Å². The van der Waals surface area contributed by atoms with Crippen molar-refractivity contribution in [2.45, 2.75) is 19.4 Å². The van der Waals surface area contributed by atoms with Gasteiger partial charge in [-0.3, -0.25) is 9.97 Å². The van der Waals surface area contributed by atoms with Gasteiger partial charge in [0.1, 0.15) is 0 Å². The van der Waals surface area contributed by atoms with E-state index in [9.17, 15) is 0 Å². The summed E-state index contributed by atoms with van der Waals surface area (Å²) in [6.45, 7) is 2.03. The molecular weight excluding hydrogens is 282 g/mol. The third kappa shape index (κ3) is 3.04. The van der Waals surface area contributed by atoms with Crippen molar-refractivity contribution in [3.63, 3.8) is 0 Å². The molecule has 0 fully saturated rings. The second kappa shape index (κ2) is 5.80. The second-order valence-corrected chi connectivity index (χ2v) is 5.62. The van der Waals surface area contributed by atoms with Gasteiger partial charge in [-0.15, -0.1) is 0 Å². The maximum Gasteiger partial charge on any atom is 0.0890 e. The van der Waals surface area contributed by atoms with Crippen LogP contribution in [0.25, 0.3) is 11.0 Å². The maximum atomic E-state index is 6.32. The van der Waals surface area contributed by atoms with Gasteiger partial charge in [-0.2, -0.15) is 0 Å². The Hall–Kier alpha value is -1.97. The van der Waals surface area contributed by atoms with Crippen LogP contribution < -0.4 is 5.73 Å². The number of halogens is 1. The average molecular weight is 298 g/mol. The third-order valence-corrected chi connectivity index (χ3v) is 3.92. The fourth-order valence-corrected chi connectivity index (χ4v) is 2.70. The number of fused-ring (bicyclic) bond motifs is 1. The number of benzene rings is 2. The van der Waals surface area contributed by atoms with Crippen LogP contribution in [-0.2, 0) is 6.42 Å². The van der Waals surface area contributed by atoms with Crippen molar-refractivity contribution in [3.05, 3.63) is 70.5 Å². The zero-order valence-corrected chi connectivity index (χ0v) is 12.5. The van der Waals surface area contributed by atoms with E-state index in [1.807, 2.05) is 37.3 Å². The first-order valence-electron chi connectivity index (χ1n) is 6.85. The number of rotatable bonds is 3. The van der Waals surface area contributed by atoms with Crippen molar-refractivity contribution in [3.8, 4) is 0 Å². The van der Waals surface area contributed by atoms with E-state index in [-0.39, 0.29) is 6.04 Å². The van der Waals surface area contributed by atoms with Crippen LogP contribution >= 0.6 is 11.6 Å². The molecule has 2 aromatic carbocycles. The summed E-state index contributed by atoms with van der Waals surface area (Å²) < 4.78 is 0. The van der Waals surface area contributed by atoms with Gasteiger partial charge in [-0.1, -0.05) is 29.8 Å². The van der Waals surface area contributed by atoms with Crippen LogP contribution in [0, 0.1) is 6.92 Å². The van der Waals surface area contributed by atoms with E-state index in [0.29, 0.717) is 6.42 Å². The van der Waals surface area contributed by atoms with Crippen molar-refractivity contribution in [1.29, 1.82) is 0 Å². The van der Waals surface area contributed by atoms with Crippen LogP contribution in [0.15, 0.2) is 48.8 Å². The first-order valence-corrected chi connectivity index (χ1v) is 7.22. The largest absolute Gasteiger partial charge is 0.324 e. The smallest absolute Gasteiger partial charge is 0.0890 e. The molecule has 21 heavy (non-hydrogen) atoms. The van der Waals surface area contributed by atoms with E-state index in [0.717, 1.165) is 32.7 Å². The third-order valence-electron chi connectivity index (χ3n) is 3.57. The van der Waals surface area contributed by atoms with Crippen LogP contribution in [0.2, 0.25) is 5.02 Å². The second-order valence-electron chi connectivity index (χ2n) is 5.21. The molecule has 0 bridgehead atoms. The summed E-state index contributed by atoms with van der Waals surface area (Å²) in [6.07, 6.45) is 4.08. The molecule has 0 saturated carbocycles. The molecule has 0 spiro atoms. The lowest BCUT2D eigenvalue weighted by Gasteiger charge is -2.14. The normalized spacial score (nSPS) is 12.5. The highest BCUT2D eigenvalue weighted by Gasteiger charge is 2.11. The minimum absolute atomic E-state index is 0.114. The van der Waals surface area contributed by atoms with Crippen molar-refractivity contribution in [2.24, 2.45) is 5.73 Å². The van der Waals surface area contributed by atoms with Gasteiger partial charge in [0.15, 0.2) is 0 Å². The van der Waals surface area contributed by atoms with Gasteiger partial charge in [0, 0.05) is 23.5 Å². The van der Waals surface area contributed by atoms with Gasteiger partial charge in [-0.25, -0.2) is 0 Å². The van der Waals surface area contributed by atoms with E-state index in [2.05, 4.69) is 16.0 Å². The molecule has 0 aliphatic carbocycles. The fraction of sp³-hybridized carbons (Fsp3) is 0.176. The molecule has 0 aliphatic heterocycles. The van der Waals surface area contributed by atoms with Crippen molar-refractivity contribution < 1.29 is 0 Å². The predicted molar refractivity (Wildman–Crippen MR) is 86.4 cm³/mol. The predicted octanol–water partition coefficient (Wildman–Crippen LogP) is 3.83. The number of aryl methyl sites for hydroxylation is 1. The zero-order chi connectivity index (χ0) is 14.8. The summed E-state index contributed by atoms with van der Waals surface area (Å²) in [5, 5.41) is 0.769. The molecule has 0 aliphatic rings. The van der Waals surface area contributed by atoms with E-state index in [4.69, 9.17) is 17.3 Å². The number of nitrogens with two attached hydrogens (primary N) is 1. The number of hydrogen-bond donors (Lipinski definition) is 1. The summed E-state index contributed by atoms with van der Waals surface area (Å²) in [5.74, 6) is 0. The van der Waals surface area contributed by atoms with Crippen LogP contribution in [0.3, 0.4) is 0 Å². The van der Waals surface area contributed by atoms with Crippen molar-refractivity contribution in [2.75, 3.05) is 0 Å². The molecule has 0 amide bonds. The van der Waals surface area contributed by atoms with Crippen molar-refractivity contribution in [1.82, 2.24) is 9.97 Å². The Balaban J connectivity index is 1.87. The van der Waals surface area contributed by atoms with Gasteiger partial charge in [0.25, 0.3) is 0 Å². The van der Waals surface area contributed by atoms with Gasteiger partial charge in [-0.05, 0) is 48.2 Å². The molecule has 0 saturated heterocycles. The first kappa shape index (κ1) is 14.0. The van der Waals surface area contributed by atoms with Gasteiger partial charge in [0.05, 0.1) is 11.0 Å². The quantitative estimate of drug-likeness (QED) is 0.799. The van der Waals surface area contributed by atoms with E-state index in [1.54, 1.807) is 12.4 Å². The maximum absolute atomic E-state index is 6.32. The molecule has 106 valence electrons. The molecule has 0 radical (unpaired) electrons. The van der Waals surface area contributed by atoms with Crippen LogP contribution in [-0.4, -0.2) is 9.97 Å². The molecule has 3 nitrogen and oxygen atoms in total. The summed E-state index contributed by atoms with van der Waals surface area (Å²) >= 11 is 6.28. The molecule has 3 aromatic rings. The van der Waals surface area contributed by atoms with Crippen LogP contribution in [0.4, 0.5) is 0 Å². The Kier molecular flexibility index (Phi) is 3.86. The highest BCUT2D eigenvalue weighted by Crippen LogP contribution is 2.24. The first-order chi connectivity index (χ1) is 10.1. The molecule has 1 heterocycles. The number of nitrogens with zero attached hydrogens (tertiary/aromatic N) is 2. The van der Waals surface area contributed by atoms with Gasteiger partial charge >= 0.3 is 0 Å². The number of aromatic nitrogens is 2. The molecular formula is C17H16ClN3. The minimum Gasteiger partial charge on any atom is -0.324 e. The molecule has 4 heteroatoms. The lowest BCUT2D eigenvalue weighted by molar-refractivity contribution is 0.722. The highest BCUT2D eigenvalue weighted by atomic mass is 35.5.